The molecule has 3 atom stereocenters. The number of hydrogen-bond donors (Lipinski definition) is 3. The van der Waals surface area contributed by atoms with Gasteiger partial charge in [0.25, 0.3) is 0 Å². The van der Waals surface area contributed by atoms with E-state index in [1.807, 2.05) is 35.4 Å². The first kappa shape index (κ1) is 47.4. The zero-order chi connectivity index (χ0) is 44.4. The number of benzene rings is 1. The number of amides is 3. The molecule has 3 aliphatic heterocycles. The summed E-state index contributed by atoms with van der Waals surface area (Å²) in [4.78, 5) is 73.2. The number of nitrogens with one attached hydrogen (secondary N) is 2. The standard InChI is InChI=1S/C45H65N9O5S.CH5N/c1-32-11-9-13-36(32)54-40(46-2)35(45(20-21-45)42(54)58)28-49-34-17-24-51(25-18-34)60-52-29-44(30-52,22-23-48-31-56)19-8-6-5-7-12-33-15-16-37-39(27-33)50(4)43(59)53(37)38(14-10-26-55)41(57)47-3;1-2/h15-16,26-28,31-32,34,36,38H,2,5-14,17-25,29-30H2,1,3-4H3,(H,47,57)(H,48,56);2H2,1H3. The zero-order valence-electron chi connectivity index (χ0n) is 37.5. The van der Waals surface area contributed by atoms with E-state index in [-0.39, 0.29) is 47.8 Å². The van der Waals surface area contributed by atoms with Crippen molar-refractivity contribution in [1.29, 1.82) is 0 Å². The van der Waals surface area contributed by atoms with Gasteiger partial charge in [-0.3, -0.25) is 33.4 Å². The number of carbonyl (C=O) groups is 4. The summed E-state index contributed by atoms with van der Waals surface area (Å²) >= 11 is 1.86. The van der Waals surface area contributed by atoms with E-state index in [0.29, 0.717) is 18.0 Å². The molecular formula is C46H70N10O5S. The minimum absolute atomic E-state index is 0.198. The van der Waals surface area contributed by atoms with Crippen molar-refractivity contribution < 1.29 is 19.2 Å². The normalized spacial score (nSPS) is 22.8. The molecule has 1 aromatic carbocycles. The second kappa shape index (κ2) is 21.5. The molecule has 4 heterocycles. The van der Waals surface area contributed by atoms with Crippen LogP contribution in [0.25, 0.3) is 11.0 Å². The van der Waals surface area contributed by atoms with Gasteiger partial charge in [-0.15, -0.1) is 0 Å². The first-order chi connectivity index (χ1) is 30.1. The molecular weight excluding hydrogens is 805 g/mol. The number of aromatic nitrogens is 2. The van der Waals surface area contributed by atoms with Crippen molar-refractivity contribution in [3.63, 3.8) is 0 Å². The summed E-state index contributed by atoms with van der Waals surface area (Å²) < 4.78 is 8.06. The molecule has 15 nitrogen and oxygen atoms in total. The van der Waals surface area contributed by atoms with Crippen LogP contribution < -0.4 is 22.1 Å². The van der Waals surface area contributed by atoms with Crippen molar-refractivity contribution in [2.24, 2.45) is 39.5 Å². The number of likely N-dealkylation sites (N-methyl/N-ethyl adjacent to an activating group) is 1. The van der Waals surface area contributed by atoms with E-state index in [1.165, 1.54) is 11.6 Å². The van der Waals surface area contributed by atoms with E-state index < -0.39 is 11.5 Å². The fourth-order valence-corrected chi connectivity index (χ4v) is 11.7. The average molecular weight is 875 g/mol. The highest BCUT2D eigenvalue weighted by molar-refractivity contribution is 7.94. The Balaban J connectivity index is 0.00000316. The highest BCUT2D eigenvalue weighted by Gasteiger charge is 2.62. The quantitative estimate of drug-likeness (QED) is 0.0640. The fourth-order valence-electron chi connectivity index (χ4n) is 10.4. The largest absolute Gasteiger partial charge is 0.359 e. The van der Waals surface area contributed by atoms with Crippen LogP contribution in [0, 0.1) is 16.7 Å². The third-order valence-electron chi connectivity index (χ3n) is 14.1. The number of aldehydes is 1. The van der Waals surface area contributed by atoms with Crippen LogP contribution in [0.15, 0.2) is 44.4 Å². The Morgan fingerprint density at radius 3 is 2.40 bits per heavy atom. The molecule has 3 amide bonds. The van der Waals surface area contributed by atoms with Crippen LogP contribution in [0.5, 0.6) is 0 Å². The first-order valence-electron chi connectivity index (χ1n) is 22.9. The van der Waals surface area contributed by atoms with E-state index in [2.05, 4.69) is 49.7 Å². The Bertz CT molecular complexity index is 2030. The number of aliphatic imine (C=N–C) groups is 2. The van der Waals surface area contributed by atoms with Gasteiger partial charge in [0, 0.05) is 83.2 Å². The number of imidazole rings is 1. The number of unbranched alkanes of at least 4 members (excludes halogenated alkanes) is 3. The Morgan fingerprint density at radius 2 is 1.76 bits per heavy atom. The molecule has 16 heteroatoms. The molecule has 3 unspecified atom stereocenters. The molecule has 2 aromatic rings. The van der Waals surface area contributed by atoms with Gasteiger partial charge in [-0.25, -0.2) is 18.4 Å². The average Bonchev–Trinajstić information content (AvgIpc) is 3.85. The lowest BCUT2D eigenvalue weighted by Crippen LogP contribution is -2.55. The van der Waals surface area contributed by atoms with Crippen molar-refractivity contribution >= 4 is 60.6 Å². The predicted molar refractivity (Wildman–Crippen MR) is 248 cm³/mol. The second-order valence-electron chi connectivity index (χ2n) is 18.1. The lowest BCUT2D eigenvalue weighted by atomic mass is 9.74. The maximum absolute atomic E-state index is 13.7. The molecule has 2 saturated heterocycles. The number of carbonyl (C=O) groups excluding carboxylic acids is 4. The van der Waals surface area contributed by atoms with E-state index in [4.69, 9.17) is 4.99 Å². The second-order valence-corrected chi connectivity index (χ2v) is 19.3. The molecule has 0 radical (unpaired) electrons. The van der Waals surface area contributed by atoms with Crippen LogP contribution in [0.1, 0.15) is 115 Å². The first-order valence-corrected chi connectivity index (χ1v) is 23.7. The third-order valence-corrected chi connectivity index (χ3v) is 15.2. The minimum atomic E-state index is -0.740. The molecule has 7 rings (SSSR count). The van der Waals surface area contributed by atoms with Crippen LogP contribution in [0.4, 0.5) is 0 Å². The van der Waals surface area contributed by atoms with Crippen molar-refractivity contribution in [3.05, 3.63) is 45.6 Å². The SMILES string of the molecule is C=NC1=C(C=NC2CCN(SN3CC(CCCCCCc4ccc5c(c4)n(C)c(=O)n5C(CCC=O)C(=O)NC)(CCNC=O)C3)CC2)C2(CC2)C(=O)N1C1CCCC1C.CN. The van der Waals surface area contributed by atoms with E-state index >= 15 is 0 Å². The lowest BCUT2D eigenvalue weighted by Gasteiger charge is -2.51. The molecule has 4 fully saturated rings. The summed E-state index contributed by atoms with van der Waals surface area (Å²) in [5.41, 5.74) is 7.68. The van der Waals surface area contributed by atoms with Gasteiger partial charge in [0.15, 0.2) is 0 Å². The molecule has 62 heavy (non-hydrogen) atoms. The fraction of sp³-hybridized carbons (Fsp3) is 0.674. The summed E-state index contributed by atoms with van der Waals surface area (Å²) in [6.45, 7) is 10.8. The van der Waals surface area contributed by atoms with Crippen LogP contribution in [-0.4, -0.2) is 119 Å². The van der Waals surface area contributed by atoms with E-state index in [9.17, 15) is 24.0 Å². The minimum Gasteiger partial charge on any atom is -0.359 e. The number of piperidine rings is 1. The maximum atomic E-state index is 13.7. The lowest BCUT2D eigenvalue weighted by molar-refractivity contribution is -0.134. The van der Waals surface area contributed by atoms with Crippen LogP contribution in [0.3, 0.4) is 0 Å². The Hall–Kier alpha value is -4.12. The molecule has 1 spiro atoms. The van der Waals surface area contributed by atoms with Gasteiger partial charge in [-0.05, 0) is 113 Å². The van der Waals surface area contributed by atoms with Gasteiger partial charge in [0.2, 0.25) is 18.2 Å². The number of fused-ring (bicyclic) bond motifs is 1. The molecule has 340 valence electrons. The number of rotatable bonds is 22. The van der Waals surface area contributed by atoms with E-state index in [1.54, 1.807) is 18.7 Å². The summed E-state index contributed by atoms with van der Waals surface area (Å²) in [6.07, 6.45) is 18.6. The highest BCUT2D eigenvalue weighted by atomic mass is 32.2. The van der Waals surface area contributed by atoms with Crippen molar-refractivity contribution in [2.45, 2.75) is 128 Å². The number of nitrogens with zero attached hydrogens (tertiary/aromatic N) is 7. The van der Waals surface area contributed by atoms with Crippen LogP contribution in [-0.2, 0) is 32.6 Å². The van der Waals surface area contributed by atoms with Gasteiger partial charge in [-0.2, -0.15) is 0 Å². The molecule has 0 bridgehead atoms. The van der Waals surface area contributed by atoms with Crippen LogP contribution in [0.2, 0.25) is 0 Å². The monoisotopic (exact) mass is 875 g/mol. The Kier molecular flexibility index (Phi) is 16.4. The van der Waals surface area contributed by atoms with Crippen molar-refractivity contribution in [2.75, 3.05) is 46.8 Å². The summed E-state index contributed by atoms with van der Waals surface area (Å²) in [6, 6.07) is 5.76. The summed E-state index contributed by atoms with van der Waals surface area (Å²) in [5, 5.41) is 5.54. The predicted octanol–water partition coefficient (Wildman–Crippen LogP) is 4.93. The third kappa shape index (κ3) is 10.1. The molecule has 4 N–H and O–H groups in total. The van der Waals surface area contributed by atoms with Crippen molar-refractivity contribution in [3.8, 4) is 0 Å². The van der Waals surface area contributed by atoms with Gasteiger partial charge < -0.3 is 21.2 Å². The summed E-state index contributed by atoms with van der Waals surface area (Å²) in [7, 11) is 4.77. The highest BCUT2D eigenvalue weighted by Crippen LogP contribution is 2.59. The summed E-state index contributed by atoms with van der Waals surface area (Å²) in [5.74, 6) is 1.18. The number of nitrogens with two attached hydrogens (primary N) is 1. The zero-order valence-corrected chi connectivity index (χ0v) is 38.3. The maximum Gasteiger partial charge on any atom is 0.329 e. The number of hydrogen-bond acceptors (Lipinski definition) is 11. The molecule has 2 saturated carbocycles. The topological polar surface area (TPSA) is 180 Å². The molecule has 1 aromatic heterocycles. The van der Waals surface area contributed by atoms with Gasteiger partial charge >= 0.3 is 5.69 Å². The Labute approximate surface area is 371 Å². The smallest absolute Gasteiger partial charge is 0.329 e. The molecule has 5 aliphatic rings. The molecule has 2 aliphatic carbocycles. The van der Waals surface area contributed by atoms with E-state index in [0.717, 1.165) is 151 Å². The van der Waals surface area contributed by atoms with Crippen molar-refractivity contribution in [1.82, 2.24) is 33.3 Å². The van der Waals surface area contributed by atoms with Gasteiger partial charge in [0.1, 0.15) is 18.1 Å². The Morgan fingerprint density at radius 1 is 1.02 bits per heavy atom. The number of aryl methyl sites for hydroxylation is 2. The van der Waals surface area contributed by atoms with Gasteiger partial charge in [0.05, 0.1) is 22.5 Å². The van der Waals surface area contributed by atoms with Gasteiger partial charge in [-0.1, -0.05) is 38.7 Å². The van der Waals surface area contributed by atoms with Crippen LogP contribution >= 0.6 is 12.1 Å².